The third-order valence-electron chi connectivity index (χ3n) is 3.40. The molecule has 6 heteroatoms. The summed E-state index contributed by atoms with van der Waals surface area (Å²) in [5.41, 5.74) is 2.33. The monoisotopic (exact) mass is 268 g/mol. The summed E-state index contributed by atoms with van der Waals surface area (Å²) in [6.07, 6.45) is 1.53. The van der Waals surface area contributed by atoms with Gasteiger partial charge >= 0.3 is 10.2 Å². The molecule has 1 fully saturated rings. The van der Waals surface area contributed by atoms with Crippen molar-refractivity contribution >= 4 is 10.2 Å². The zero-order chi connectivity index (χ0) is 12.6. The third-order valence-corrected chi connectivity index (χ3v) is 5.17. The first-order valence-corrected chi connectivity index (χ1v) is 7.55. The van der Waals surface area contributed by atoms with Crippen LogP contribution in [-0.2, 0) is 28.0 Å². The lowest BCUT2D eigenvalue weighted by atomic mass is 10.0. The van der Waals surface area contributed by atoms with E-state index in [1.807, 2.05) is 18.2 Å². The summed E-state index contributed by atoms with van der Waals surface area (Å²) in [6.45, 7) is 1.92. The normalized spacial score (nSPS) is 22.0. The van der Waals surface area contributed by atoms with E-state index in [0.717, 1.165) is 22.9 Å². The van der Waals surface area contributed by atoms with Crippen molar-refractivity contribution in [2.75, 3.05) is 19.7 Å². The van der Waals surface area contributed by atoms with E-state index in [1.165, 1.54) is 9.87 Å². The van der Waals surface area contributed by atoms with E-state index in [4.69, 9.17) is 4.84 Å². The molecule has 18 heavy (non-hydrogen) atoms. The molecule has 5 nitrogen and oxygen atoms in total. The van der Waals surface area contributed by atoms with Crippen LogP contribution in [0.1, 0.15) is 17.5 Å². The van der Waals surface area contributed by atoms with Crippen molar-refractivity contribution in [1.29, 1.82) is 0 Å². The van der Waals surface area contributed by atoms with Crippen molar-refractivity contribution < 1.29 is 13.3 Å². The fourth-order valence-corrected chi connectivity index (χ4v) is 3.85. The van der Waals surface area contributed by atoms with Gasteiger partial charge in [-0.15, -0.1) is 0 Å². The van der Waals surface area contributed by atoms with Crippen LogP contribution in [0.4, 0.5) is 0 Å². The van der Waals surface area contributed by atoms with E-state index >= 15 is 0 Å². The van der Waals surface area contributed by atoms with Crippen LogP contribution in [0.5, 0.6) is 0 Å². The minimum atomic E-state index is -3.46. The maximum absolute atomic E-state index is 12.3. The Morgan fingerprint density at radius 1 is 1.11 bits per heavy atom. The largest absolute Gasteiger partial charge is 0.304 e. The van der Waals surface area contributed by atoms with E-state index in [0.29, 0.717) is 26.2 Å². The molecule has 0 atom stereocenters. The van der Waals surface area contributed by atoms with E-state index < -0.39 is 10.2 Å². The smallest absolute Gasteiger partial charge is 0.283 e. The van der Waals surface area contributed by atoms with Crippen LogP contribution in [0.3, 0.4) is 0 Å². The van der Waals surface area contributed by atoms with E-state index in [-0.39, 0.29) is 0 Å². The van der Waals surface area contributed by atoms with Crippen molar-refractivity contribution in [1.82, 2.24) is 8.77 Å². The van der Waals surface area contributed by atoms with E-state index in [1.54, 1.807) is 0 Å². The quantitative estimate of drug-likeness (QED) is 0.801. The molecule has 2 aliphatic rings. The highest BCUT2D eigenvalue weighted by Crippen LogP contribution is 2.23. The Morgan fingerprint density at radius 2 is 1.89 bits per heavy atom. The van der Waals surface area contributed by atoms with Crippen molar-refractivity contribution in [3.63, 3.8) is 0 Å². The van der Waals surface area contributed by atoms with Crippen molar-refractivity contribution in [3.05, 3.63) is 35.4 Å². The highest BCUT2D eigenvalue weighted by molar-refractivity contribution is 7.86. The van der Waals surface area contributed by atoms with Gasteiger partial charge in [-0.1, -0.05) is 28.7 Å². The van der Waals surface area contributed by atoms with Gasteiger partial charge in [-0.25, -0.2) is 0 Å². The Morgan fingerprint density at radius 3 is 2.61 bits per heavy atom. The molecule has 0 aliphatic carbocycles. The molecule has 0 radical (unpaired) electrons. The van der Waals surface area contributed by atoms with E-state index in [2.05, 4.69) is 6.07 Å². The summed E-state index contributed by atoms with van der Waals surface area (Å²) in [6, 6.07) is 7.99. The Balaban J connectivity index is 1.83. The van der Waals surface area contributed by atoms with Gasteiger partial charge in [0.05, 0.1) is 6.61 Å². The minimum absolute atomic E-state index is 0.443. The molecule has 0 bridgehead atoms. The van der Waals surface area contributed by atoms with Gasteiger partial charge in [0.1, 0.15) is 0 Å². The molecule has 0 saturated carbocycles. The lowest BCUT2D eigenvalue weighted by Gasteiger charge is -2.30. The molecule has 1 aromatic carbocycles. The fraction of sp³-hybridized carbons (Fsp3) is 0.500. The summed E-state index contributed by atoms with van der Waals surface area (Å²) in [7, 11) is -3.46. The average Bonchev–Trinajstić information content (AvgIpc) is 2.92. The Hall–Kier alpha value is -0.950. The summed E-state index contributed by atoms with van der Waals surface area (Å²) in [5, 5.41) is 0. The number of nitrogens with zero attached hydrogens (tertiary/aromatic N) is 2. The molecule has 0 spiro atoms. The first-order valence-electron chi connectivity index (χ1n) is 6.15. The Kier molecular flexibility index (Phi) is 3.11. The molecule has 2 aliphatic heterocycles. The number of rotatable bonds is 2. The molecule has 0 N–H and O–H groups in total. The van der Waals surface area contributed by atoms with Crippen LogP contribution in [0.25, 0.3) is 0 Å². The van der Waals surface area contributed by atoms with Gasteiger partial charge in [0.15, 0.2) is 0 Å². The van der Waals surface area contributed by atoms with Gasteiger partial charge in [-0.05, 0) is 24.0 Å². The average molecular weight is 268 g/mol. The molecule has 1 aromatic rings. The fourth-order valence-electron chi connectivity index (χ4n) is 2.40. The standard InChI is InChI=1S/C12H16N2O3S/c15-18(16,14-7-3-9-17-14)13-8-6-11-4-1-2-5-12(11)10-13/h1-2,4-5H,3,6-10H2. The van der Waals surface area contributed by atoms with Crippen molar-refractivity contribution in [2.45, 2.75) is 19.4 Å². The number of benzene rings is 1. The molecule has 3 rings (SSSR count). The van der Waals surface area contributed by atoms with Gasteiger partial charge in [-0.2, -0.15) is 12.7 Å². The molecule has 0 unspecified atom stereocenters. The second-order valence-corrected chi connectivity index (χ2v) is 6.39. The van der Waals surface area contributed by atoms with Crippen molar-refractivity contribution in [3.8, 4) is 0 Å². The third kappa shape index (κ3) is 2.05. The molecule has 98 valence electrons. The predicted octanol–water partition coefficient (Wildman–Crippen LogP) is 0.927. The summed E-state index contributed by atoms with van der Waals surface area (Å²) >= 11 is 0. The molecule has 0 amide bonds. The molecule has 0 aromatic heterocycles. The number of hydrogen-bond acceptors (Lipinski definition) is 3. The van der Waals surface area contributed by atoms with Crippen LogP contribution in [0.15, 0.2) is 24.3 Å². The second-order valence-electron chi connectivity index (χ2n) is 4.57. The maximum Gasteiger partial charge on any atom is 0.304 e. The first kappa shape index (κ1) is 12.1. The predicted molar refractivity (Wildman–Crippen MR) is 66.8 cm³/mol. The van der Waals surface area contributed by atoms with Crippen LogP contribution in [-0.4, -0.2) is 36.9 Å². The number of fused-ring (bicyclic) bond motifs is 1. The van der Waals surface area contributed by atoms with Crippen LogP contribution >= 0.6 is 0 Å². The van der Waals surface area contributed by atoms with Gasteiger partial charge < -0.3 is 0 Å². The lowest BCUT2D eigenvalue weighted by molar-refractivity contribution is -0.0344. The van der Waals surface area contributed by atoms with Gasteiger partial charge in [-0.3, -0.25) is 4.84 Å². The Bertz CT molecular complexity index is 538. The maximum atomic E-state index is 12.3. The second kappa shape index (κ2) is 4.62. The van der Waals surface area contributed by atoms with Crippen LogP contribution in [0, 0.1) is 0 Å². The first-order chi connectivity index (χ1) is 8.68. The SMILES string of the molecule is O=S(=O)(N1CCc2ccccc2C1)N1CCCO1. The number of hydroxylamine groups is 1. The Labute approximate surface area is 107 Å². The number of hydrogen-bond donors (Lipinski definition) is 0. The molecular formula is C12H16N2O3S. The summed E-state index contributed by atoms with van der Waals surface area (Å²) in [4.78, 5) is 5.16. The van der Waals surface area contributed by atoms with Gasteiger partial charge in [0.2, 0.25) is 0 Å². The topological polar surface area (TPSA) is 49.9 Å². The highest BCUT2D eigenvalue weighted by Gasteiger charge is 2.34. The highest BCUT2D eigenvalue weighted by atomic mass is 32.2. The summed E-state index contributed by atoms with van der Waals surface area (Å²) < 4.78 is 27.3. The molecule has 2 heterocycles. The summed E-state index contributed by atoms with van der Waals surface area (Å²) in [5.74, 6) is 0. The zero-order valence-electron chi connectivity index (χ0n) is 10.1. The van der Waals surface area contributed by atoms with E-state index in [9.17, 15) is 8.42 Å². The lowest BCUT2D eigenvalue weighted by Crippen LogP contribution is -2.44. The van der Waals surface area contributed by atoms with Crippen molar-refractivity contribution in [2.24, 2.45) is 0 Å². The molecular weight excluding hydrogens is 252 g/mol. The zero-order valence-corrected chi connectivity index (χ0v) is 10.9. The minimum Gasteiger partial charge on any atom is -0.283 e. The van der Waals surface area contributed by atoms with Gasteiger partial charge in [0.25, 0.3) is 0 Å². The van der Waals surface area contributed by atoms with Gasteiger partial charge in [0, 0.05) is 19.6 Å². The molecule has 1 saturated heterocycles. The van der Waals surface area contributed by atoms with Crippen LogP contribution < -0.4 is 0 Å². The van der Waals surface area contributed by atoms with Crippen LogP contribution in [0.2, 0.25) is 0 Å².